The fourth-order valence-corrected chi connectivity index (χ4v) is 4.07. The third-order valence-corrected chi connectivity index (χ3v) is 5.76. The second kappa shape index (κ2) is 7.81. The lowest BCUT2D eigenvalue weighted by molar-refractivity contribution is -0.520. The van der Waals surface area contributed by atoms with E-state index in [0.29, 0.717) is 29.1 Å². The van der Waals surface area contributed by atoms with E-state index in [-0.39, 0.29) is 24.4 Å². The number of aliphatic hydroxyl groups is 1. The molecule has 31 heavy (non-hydrogen) atoms. The molecule has 1 fully saturated rings. The molecule has 0 bridgehead atoms. The summed E-state index contributed by atoms with van der Waals surface area (Å²) in [6.45, 7) is 6.33. The summed E-state index contributed by atoms with van der Waals surface area (Å²) < 4.78 is 21.1. The van der Waals surface area contributed by atoms with Gasteiger partial charge in [-0.3, -0.25) is 4.79 Å². The Morgan fingerprint density at radius 2 is 2.03 bits per heavy atom. The number of hydrogen-bond donors (Lipinski definition) is 1. The molecule has 1 aromatic rings. The summed E-state index contributed by atoms with van der Waals surface area (Å²) in [4.78, 5) is 27.0. The molecule has 168 valence electrons. The van der Waals surface area contributed by atoms with Crippen molar-refractivity contribution < 1.29 is 38.7 Å². The Morgan fingerprint density at radius 3 is 2.71 bits per heavy atom. The maximum Gasteiger partial charge on any atom is 0.357 e. The summed E-state index contributed by atoms with van der Waals surface area (Å²) in [5, 5.41) is 22.0. The molecule has 4 atom stereocenters. The number of esters is 1. The van der Waals surface area contributed by atoms with E-state index < -0.39 is 36.5 Å². The number of carbonyl (C=O) groups is 2. The predicted octanol–water partition coefficient (Wildman–Crippen LogP) is 0.988. The van der Waals surface area contributed by atoms with Gasteiger partial charge in [0, 0.05) is 0 Å². The van der Waals surface area contributed by atoms with Crippen LogP contribution in [0.3, 0.4) is 0 Å². The van der Waals surface area contributed by atoms with Crippen LogP contribution in [-0.4, -0.2) is 53.9 Å². The van der Waals surface area contributed by atoms with Crippen molar-refractivity contribution in [3.05, 3.63) is 29.5 Å². The molecular formula is C22H26NO8-. The second-order valence-electron chi connectivity index (χ2n) is 9.06. The minimum atomic E-state index is -1.37. The average Bonchev–Trinajstić information content (AvgIpc) is 3.28. The van der Waals surface area contributed by atoms with Crippen molar-refractivity contribution in [2.24, 2.45) is 11.3 Å². The first kappa shape index (κ1) is 21.6. The van der Waals surface area contributed by atoms with E-state index in [9.17, 15) is 19.8 Å². The van der Waals surface area contributed by atoms with Gasteiger partial charge in [-0.1, -0.05) is 26.8 Å². The molecule has 9 heteroatoms. The van der Waals surface area contributed by atoms with Crippen molar-refractivity contribution in [1.82, 2.24) is 4.90 Å². The van der Waals surface area contributed by atoms with Crippen molar-refractivity contribution >= 4 is 17.4 Å². The van der Waals surface area contributed by atoms with Gasteiger partial charge in [0.1, 0.15) is 5.70 Å². The third-order valence-electron chi connectivity index (χ3n) is 5.76. The monoisotopic (exact) mass is 432 g/mol. The Hall–Kier alpha value is -2.62. The van der Waals surface area contributed by atoms with Crippen LogP contribution in [0.4, 0.5) is 0 Å². The van der Waals surface area contributed by atoms with Gasteiger partial charge in [-0.25, -0.2) is 4.79 Å². The number of benzene rings is 1. The van der Waals surface area contributed by atoms with Crippen LogP contribution in [-0.2, 0) is 19.1 Å². The van der Waals surface area contributed by atoms with Crippen molar-refractivity contribution in [3.8, 4) is 11.5 Å². The molecule has 4 rings (SSSR count). The Kier molecular flexibility index (Phi) is 5.45. The standard InChI is InChI=1S/C22H26NO8/c1-11(24)17-14-8-13(12-5-6-15-16(7-12)29-9-28-15)18(23(14)19(17)25)20(26)30-10-31-21(27)22(2,3)4/h5-7,11,14,17,21,24H,8-10H2,1-4H3/q-1/t11-,14-,17-,21?/m1/s1. The number of fused-ring (bicyclic) bond motifs is 2. The van der Waals surface area contributed by atoms with E-state index in [1.807, 2.05) is 0 Å². The van der Waals surface area contributed by atoms with Crippen LogP contribution in [0, 0.1) is 11.3 Å². The zero-order chi connectivity index (χ0) is 22.5. The molecule has 1 aromatic carbocycles. The number of nitrogens with zero attached hydrogens (tertiary/aromatic N) is 1. The van der Waals surface area contributed by atoms with Crippen molar-refractivity contribution in [3.63, 3.8) is 0 Å². The molecule has 3 aliphatic heterocycles. The van der Waals surface area contributed by atoms with Crippen LogP contribution >= 0.6 is 0 Å². The molecule has 3 heterocycles. The zero-order valence-corrected chi connectivity index (χ0v) is 17.9. The number of hydrogen-bond acceptors (Lipinski definition) is 8. The maximum atomic E-state index is 12.9. The van der Waals surface area contributed by atoms with Gasteiger partial charge < -0.3 is 34.1 Å². The average molecular weight is 432 g/mol. The summed E-state index contributed by atoms with van der Waals surface area (Å²) in [7, 11) is 0. The molecule has 0 spiro atoms. The Morgan fingerprint density at radius 1 is 1.32 bits per heavy atom. The Balaban J connectivity index is 1.59. The molecule has 1 N–H and O–H groups in total. The van der Waals surface area contributed by atoms with E-state index in [1.54, 1.807) is 45.9 Å². The quantitative estimate of drug-likeness (QED) is 0.402. The first-order chi connectivity index (χ1) is 14.6. The largest absolute Gasteiger partial charge is 0.831 e. The number of β-lactam (4-membered cyclic amide) rings is 1. The minimum Gasteiger partial charge on any atom is -0.831 e. The van der Waals surface area contributed by atoms with Gasteiger partial charge in [0.05, 0.1) is 18.1 Å². The lowest BCUT2D eigenvalue weighted by Gasteiger charge is -2.44. The summed E-state index contributed by atoms with van der Waals surface area (Å²) in [5.41, 5.74) is 0.756. The first-order valence-corrected chi connectivity index (χ1v) is 10.2. The van der Waals surface area contributed by atoms with Gasteiger partial charge >= 0.3 is 5.97 Å². The number of rotatable bonds is 6. The van der Waals surface area contributed by atoms with E-state index in [0.717, 1.165) is 0 Å². The number of amides is 1. The maximum absolute atomic E-state index is 12.9. The van der Waals surface area contributed by atoms with Crippen molar-refractivity contribution in [1.29, 1.82) is 0 Å². The first-order valence-electron chi connectivity index (χ1n) is 10.2. The van der Waals surface area contributed by atoms with Gasteiger partial charge in [0.15, 0.2) is 18.3 Å². The highest BCUT2D eigenvalue weighted by molar-refractivity contribution is 6.06. The fourth-order valence-electron chi connectivity index (χ4n) is 4.07. The fraction of sp³-hybridized carbons (Fsp3) is 0.545. The van der Waals surface area contributed by atoms with E-state index in [2.05, 4.69) is 0 Å². The Labute approximate surface area is 180 Å². The van der Waals surface area contributed by atoms with Crippen molar-refractivity contribution in [2.75, 3.05) is 13.6 Å². The summed E-state index contributed by atoms with van der Waals surface area (Å²) in [6.07, 6.45) is -1.82. The smallest absolute Gasteiger partial charge is 0.357 e. The number of carbonyl (C=O) groups excluding carboxylic acids is 2. The van der Waals surface area contributed by atoms with Crippen LogP contribution < -0.4 is 14.6 Å². The molecule has 0 saturated carbocycles. The summed E-state index contributed by atoms with van der Waals surface area (Å²) in [6, 6.07) is 4.94. The van der Waals surface area contributed by atoms with Crippen LogP contribution in [0.5, 0.6) is 11.5 Å². The molecule has 1 unspecified atom stereocenters. The molecule has 3 aliphatic rings. The highest BCUT2D eigenvalue weighted by atomic mass is 16.7. The highest BCUT2D eigenvalue weighted by Crippen LogP contribution is 2.48. The minimum absolute atomic E-state index is 0.104. The van der Waals surface area contributed by atoms with Crippen LogP contribution in [0.1, 0.15) is 39.7 Å². The van der Waals surface area contributed by atoms with Gasteiger partial charge in [0.25, 0.3) is 0 Å². The van der Waals surface area contributed by atoms with E-state index in [4.69, 9.17) is 18.9 Å². The predicted molar refractivity (Wildman–Crippen MR) is 105 cm³/mol. The topological polar surface area (TPSA) is 118 Å². The van der Waals surface area contributed by atoms with Crippen molar-refractivity contribution in [2.45, 2.75) is 52.6 Å². The second-order valence-corrected chi connectivity index (χ2v) is 9.06. The summed E-state index contributed by atoms with van der Waals surface area (Å²) in [5.74, 6) is -0.524. The normalized spacial score (nSPS) is 24.1. The summed E-state index contributed by atoms with van der Waals surface area (Å²) >= 11 is 0. The molecule has 0 aromatic heterocycles. The van der Waals surface area contributed by atoms with Gasteiger partial charge in [0.2, 0.25) is 12.7 Å². The highest BCUT2D eigenvalue weighted by Gasteiger charge is 2.57. The van der Waals surface area contributed by atoms with Crippen LogP contribution in [0.25, 0.3) is 5.57 Å². The lowest BCUT2D eigenvalue weighted by Crippen LogP contribution is -2.61. The van der Waals surface area contributed by atoms with Gasteiger partial charge in [-0.15, -0.1) is 0 Å². The molecule has 1 amide bonds. The third kappa shape index (κ3) is 3.77. The molecule has 0 radical (unpaired) electrons. The van der Waals surface area contributed by atoms with Crippen LogP contribution in [0.2, 0.25) is 0 Å². The molecule has 0 aliphatic carbocycles. The zero-order valence-electron chi connectivity index (χ0n) is 17.9. The van der Waals surface area contributed by atoms with E-state index >= 15 is 0 Å². The van der Waals surface area contributed by atoms with E-state index in [1.165, 1.54) is 4.90 Å². The Bertz CT molecular complexity index is 932. The molecule has 9 nitrogen and oxygen atoms in total. The number of aliphatic hydroxyl groups excluding tert-OH is 1. The van der Waals surface area contributed by atoms with Gasteiger partial charge in [-0.2, -0.15) is 0 Å². The number of ether oxygens (including phenoxy) is 4. The molecule has 1 saturated heterocycles. The molecular weight excluding hydrogens is 406 g/mol. The van der Waals surface area contributed by atoms with Crippen LogP contribution in [0.15, 0.2) is 23.9 Å². The van der Waals surface area contributed by atoms with Gasteiger partial charge in [-0.05, 0) is 48.3 Å². The SMILES string of the molecule is C[C@@H](O)[C@H]1C(=O)N2C(C(=O)OCOC([O-])C(C)(C)C)=C(c3ccc4c(c3)OCO4)C[C@H]12. The lowest BCUT2D eigenvalue weighted by atomic mass is 9.82.